The van der Waals surface area contributed by atoms with E-state index in [-0.39, 0.29) is 17.4 Å². The zero-order chi connectivity index (χ0) is 21.2. The Morgan fingerprint density at radius 2 is 1.79 bits per heavy atom. The number of hydrogen-bond acceptors (Lipinski definition) is 6. The molecular formula is C19H23N5O4S. The Hall–Kier alpha value is -2.98. The summed E-state index contributed by atoms with van der Waals surface area (Å²) < 4.78 is 25.8. The van der Waals surface area contributed by atoms with E-state index in [9.17, 15) is 13.2 Å². The van der Waals surface area contributed by atoms with Crippen LogP contribution in [0.5, 0.6) is 0 Å². The molecule has 3 rings (SSSR count). The number of aryl methyl sites for hydroxylation is 1. The van der Waals surface area contributed by atoms with E-state index in [0.717, 1.165) is 20.3 Å². The van der Waals surface area contributed by atoms with Crippen molar-refractivity contribution in [1.29, 1.82) is 0 Å². The van der Waals surface area contributed by atoms with Gasteiger partial charge in [-0.05, 0) is 35.9 Å². The van der Waals surface area contributed by atoms with Gasteiger partial charge in [-0.3, -0.25) is 4.79 Å². The Morgan fingerprint density at radius 1 is 1.10 bits per heavy atom. The summed E-state index contributed by atoms with van der Waals surface area (Å²) >= 11 is 0. The van der Waals surface area contributed by atoms with Gasteiger partial charge in [0.1, 0.15) is 11.0 Å². The number of fused-ring (bicyclic) bond motifs is 1. The van der Waals surface area contributed by atoms with Crippen LogP contribution < -0.4 is 4.84 Å². The molecule has 0 atom stereocenters. The lowest BCUT2D eigenvalue weighted by atomic mass is 10.1. The Bertz CT molecular complexity index is 1120. The number of nitrogens with zero attached hydrogens (tertiary/aromatic N) is 5. The van der Waals surface area contributed by atoms with Gasteiger partial charge in [-0.2, -0.15) is 0 Å². The summed E-state index contributed by atoms with van der Waals surface area (Å²) in [5, 5.41) is 7.79. The van der Waals surface area contributed by atoms with Crippen LogP contribution >= 0.6 is 0 Å². The number of sulfonamides is 1. The van der Waals surface area contributed by atoms with E-state index >= 15 is 0 Å². The second-order valence-electron chi connectivity index (χ2n) is 6.91. The number of benzene rings is 2. The molecule has 0 aliphatic carbocycles. The number of aromatic nitrogens is 3. The van der Waals surface area contributed by atoms with Crippen LogP contribution in [0.25, 0.3) is 11.0 Å². The summed E-state index contributed by atoms with van der Waals surface area (Å²) in [7, 11) is 0.981. The summed E-state index contributed by atoms with van der Waals surface area (Å²) in [6.45, 7) is 2.20. The maximum atomic E-state index is 12.4. The average Bonchev–Trinajstić information content (AvgIpc) is 3.10. The van der Waals surface area contributed by atoms with Gasteiger partial charge in [0.15, 0.2) is 6.61 Å². The van der Waals surface area contributed by atoms with Gasteiger partial charge >= 0.3 is 0 Å². The highest BCUT2D eigenvalue weighted by Gasteiger charge is 2.20. The van der Waals surface area contributed by atoms with Gasteiger partial charge in [0.05, 0.1) is 4.90 Å². The molecule has 2 aromatic carbocycles. The van der Waals surface area contributed by atoms with Crippen molar-refractivity contribution in [3.05, 3.63) is 53.6 Å². The molecule has 0 aliphatic heterocycles. The van der Waals surface area contributed by atoms with Crippen LogP contribution in [0.4, 0.5) is 0 Å². The Kier molecular flexibility index (Phi) is 5.85. The van der Waals surface area contributed by atoms with Crippen LogP contribution in [0.2, 0.25) is 0 Å². The molecular weight excluding hydrogens is 394 g/mol. The summed E-state index contributed by atoms with van der Waals surface area (Å²) in [6, 6.07) is 12.3. The van der Waals surface area contributed by atoms with E-state index in [4.69, 9.17) is 4.84 Å². The first-order chi connectivity index (χ1) is 13.7. The van der Waals surface area contributed by atoms with Gasteiger partial charge in [-0.1, -0.05) is 34.7 Å². The van der Waals surface area contributed by atoms with E-state index < -0.39 is 10.0 Å². The van der Waals surface area contributed by atoms with E-state index in [0.29, 0.717) is 17.6 Å². The second kappa shape index (κ2) is 8.18. The van der Waals surface area contributed by atoms with Crippen molar-refractivity contribution in [2.45, 2.75) is 18.4 Å². The standard InChI is InChI=1S/C19H23N5O4S/c1-14-5-7-15(8-6-14)12-23(4)19(25)13-28-24-18-11-16(29(26,27)22(2)3)9-10-17(18)20-21-24/h5-11H,12-13H2,1-4H3. The molecule has 1 amide bonds. The van der Waals surface area contributed by atoms with Gasteiger partial charge in [0.2, 0.25) is 10.0 Å². The third-order valence-corrected chi connectivity index (χ3v) is 6.25. The zero-order valence-corrected chi connectivity index (χ0v) is 17.5. The fourth-order valence-corrected chi connectivity index (χ4v) is 3.55. The lowest BCUT2D eigenvalue weighted by molar-refractivity contribution is -0.136. The van der Waals surface area contributed by atoms with Crippen molar-refractivity contribution in [1.82, 2.24) is 24.4 Å². The predicted octanol–water partition coefficient (Wildman–Crippen LogP) is 1.08. The quantitative estimate of drug-likeness (QED) is 0.571. The number of amides is 1. The maximum Gasteiger partial charge on any atom is 0.263 e. The van der Waals surface area contributed by atoms with Crippen molar-refractivity contribution >= 4 is 27.0 Å². The van der Waals surface area contributed by atoms with E-state index in [2.05, 4.69) is 10.3 Å². The molecule has 0 fully saturated rings. The molecule has 0 saturated carbocycles. The smallest absolute Gasteiger partial charge is 0.263 e. The molecule has 3 aromatic rings. The van der Waals surface area contributed by atoms with Crippen LogP contribution in [-0.4, -0.2) is 66.4 Å². The fourth-order valence-electron chi connectivity index (χ4n) is 2.63. The third kappa shape index (κ3) is 4.54. The van der Waals surface area contributed by atoms with E-state index in [1.54, 1.807) is 18.0 Å². The lowest BCUT2D eigenvalue weighted by Crippen LogP contribution is -2.33. The molecule has 0 N–H and O–H groups in total. The second-order valence-corrected chi connectivity index (χ2v) is 9.06. The van der Waals surface area contributed by atoms with E-state index in [1.807, 2.05) is 31.2 Å². The number of carbonyl (C=O) groups excluding carboxylic acids is 1. The number of rotatable bonds is 7. The Morgan fingerprint density at radius 3 is 2.45 bits per heavy atom. The minimum atomic E-state index is -3.61. The molecule has 10 heteroatoms. The van der Waals surface area contributed by atoms with Gasteiger partial charge in [0, 0.05) is 27.7 Å². The Labute approximate surface area is 169 Å². The van der Waals surface area contributed by atoms with Gasteiger partial charge in [0.25, 0.3) is 5.91 Å². The summed E-state index contributed by atoms with van der Waals surface area (Å²) in [5.41, 5.74) is 2.99. The first kappa shape index (κ1) is 20.7. The van der Waals surface area contributed by atoms with Crippen LogP contribution in [0.1, 0.15) is 11.1 Å². The fraction of sp³-hybridized carbons (Fsp3) is 0.316. The van der Waals surface area contributed by atoms with Gasteiger partial charge in [-0.15, -0.1) is 5.10 Å². The van der Waals surface area contributed by atoms with E-state index in [1.165, 1.54) is 26.2 Å². The largest absolute Gasteiger partial charge is 0.385 e. The topological polar surface area (TPSA) is 97.6 Å². The predicted molar refractivity (Wildman–Crippen MR) is 108 cm³/mol. The highest BCUT2D eigenvalue weighted by Crippen LogP contribution is 2.19. The third-order valence-electron chi connectivity index (χ3n) is 4.44. The Balaban J connectivity index is 1.71. The molecule has 9 nitrogen and oxygen atoms in total. The number of likely N-dealkylation sites (N-methyl/N-ethyl adjacent to an activating group) is 1. The normalized spacial score (nSPS) is 11.8. The van der Waals surface area contributed by atoms with Crippen molar-refractivity contribution in [3.63, 3.8) is 0 Å². The van der Waals surface area contributed by atoms with Crippen LogP contribution in [0, 0.1) is 6.92 Å². The average molecular weight is 417 g/mol. The minimum Gasteiger partial charge on any atom is -0.385 e. The summed E-state index contributed by atoms with van der Waals surface area (Å²) in [5.74, 6) is -0.244. The highest BCUT2D eigenvalue weighted by atomic mass is 32.2. The molecule has 1 aromatic heterocycles. The first-order valence-electron chi connectivity index (χ1n) is 8.89. The molecule has 0 saturated heterocycles. The molecule has 0 radical (unpaired) electrons. The van der Waals surface area contributed by atoms with Gasteiger partial charge in [-0.25, -0.2) is 12.7 Å². The molecule has 0 spiro atoms. The molecule has 0 aliphatic rings. The van der Waals surface area contributed by atoms with Crippen molar-refractivity contribution < 1.29 is 18.0 Å². The van der Waals surface area contributed by atoms with Gasteiger partial charge < -0.3 is 9.74 Å². The van der Waals surface area contributed by atoms with Crippen LogP contribution in [-0.2, 0) is 21.4 Å². The number of hydrogen-bond donors (Lipinski definition) is 0. The zero-order valence-electron chi connectivity index (χ0n) is 16.7. The molecule has 0 unspecified atom stereocenters. The first-order valence-corrected chi connectivity index (χ1v) is 10.3. The van der Waals surface area contributed by atoms with Crippen LogP contribution in [0.15, 0.2) is 47.4 Å². The van der Waals surface area contributed by atoms with Crippen molar-refractivity contribution in [2.75, 3.05) is 27.7 Å². The van der Waals surface area contributed by atoms with Crippen molar-refractivity contribution in [3.8, 4) is 0 Å². The molecule has 154 valence electrons. The molecule has 29 heavy (non-hydrogen) atoms. The minimum absolute atomic E-state index is 0.0879. The van der Waals surface area contributed by atoms with Crippen LogP contribution in [0.3, 0.4) is 0 Å². The molecule has 0 bridgehead atoms. The lowest BCUT2D eigenvalue weighted by Gasteiger charge is -2.17. The summed E-state index contributed by atoms with van der Waals surface area (Å²) in [6.07, 6.45) is 0. The monoisotopic (exact) mass is 417 g/mol. The molecule has 1 heterocycles. The summed E-state index contributed by atoms with van der Waals surface area (Å²) in [4.78, 5) is 20.6. The SMILES string of the molecule is Cc1ccc(CN(C)C(=O)COn2nnc3ccc(S(=O)(=O)N(C)C)cc32)cc1. The maximum absolute atomic E-state index is 12.4. The number of carbonyl (C=O) groups is 1. The highest BCUT2D eigenvalue weighted by molar-refractivity contribution is 7.89. The van der Waals surface area contributed by atoms with Crippen molar-refractivity contribution in [2.24, 2.45) is 0 Å².